The predicted octanol–water partition coefficient (Wildman–Crippen LogP) is 2.32. The standard InChI is InChI=1S/C12H17O2.Cu.Li/c1-9(2)5-10-6-11(13-3)8-12(7-10)14-4;;/h6-7,9H,5H2,1-4H3;;/q-1;+1;. The Balaban J connectivity index is 0. The summed E-state index contributed by atoms with van der Waals surface area (Å²) in [6.07, 6.45) is 1.03. The van der Waals surface area contributed by atoms with E-state index in [0.29, 0.717) is 5.92 Å². The van der Waals surface area contributed by atoms with Crippen LogP contribution in [0.25, 0.3) is 0 Å². The molecule has 89 valence electrons. The van der Waals surface area contributed by atoms with E-state index in [2.05, 4.69) is 19.9 Å². The molecule has 1 aromatic rings. The van der Waals surface area contributed by atoms with Crippen LogP contribution in [0.4, 0.5) is 0 Å². The van der Waals surface area contributed by atoms with Crippen molar-refractivity contribution in [2.24, 2.45) is 5.92 Å². The SMILES string of the molecule is COc1[c-]c(OC)cc(CC(C)C)c1.[Cu+].[Li]. The van der Waals surface area contributed by atoms with E-state index in [-0.39, 0.29) is 35.9 Å². The van der Waals surface area contributed by atoms with Crippen molar-refractivity contribution in [2.45, 2.75) is 20.3 Å². The Morgan fingerprint density at radius 3 is 1.88 bits per heavy atom. The first-order valence-corrected chi connectivity index (χ1v) is 4.80. The van der Waals surface area contributed by atoms with Gasteiger partial charge in [0.05, 0.1) is 14.2 Å². The van der Waals surface area contributed by atoms with E-state index in [1.807, 2.05) is 12.1 Å². The van der Waals surface area contributed by atoms with Crippen LogP contribution >= 0.6 is 0 Å². The summed E-state index contributed by atoms with van der Waals surface area (Å²) < 4.78 is 10.3. The van der Waals surface area contributed by atoms with Crippen LogP contribution in [0.2, 0.25) is 0 Å². The van der Waals surface area contributed by atoms with E-state index in [1.165, 1.54) is 5.56 Å². The molecule has 0 fully saturated rings. The second kappa shape index (κ2) is 9.02. The number of ether oxygens (including phenoxy) is 2. The number of methoxy groups -OCH3 is 2. The molecule has 1 aromatic carbocycles. The quantitative estimate of drug-likeness (QED) is 0.613. The van der Waals surface area contributed by atoms with Crippen LogP contribution < -0.4 is 9.47 Å². The molecular formula is C12H17CuLiO2. The molecule has 0 amide bonds. The predicted molar refractivity (Wildman–Crippen MR) is 62.7 cm³/mol. The van der Waals surface area contributed by atoms with Crippen LogP contribution in [0, 0.1) is 12.0 Å². The number of rotatable bonds is 4. The Kier molecular flexibility index (Phi) is 10.3. The average Bonchev–Trinajstić information content (AvgIpc) is 2.16. The molecule has 0 aliphatic rings. The summed E-state index contributed by atoms with van der Waals surface area (Å²) in [5.74, 6) is 2.10. The molecule has 0 spiro atoms. The number of benzene rings is 1. The summed E-state index contributed by atoms with van der Waals surface area (Å²) in [6, 6.07) is 7.02. The van der Waals surface area contributed by atoms with Crippen molar-refractivity contribution >= 4 is 18.9 Å². The largest absolute Gasteiger partial charge is 1.00 e. The maximum Gasteiger partial charge on any atom is 1.00 e. The molecule has 1 radical (unpaired) electrons. The van der Waals surface area contributed by atoms with Crippen LogP contribution in [-0.4, -0.2) is 33.1 Å². The molecule has 0 aromatic heterocycles. The fraction of sp³-hybridized carbons (Fsp3) is 0.500. The maximum absolute atomic E-state index is 5.14. The zero-order chi connectivity index (χ0) is 10.6. The van der Waals surface area contributed by atoms with Gasteiger partial charge in [-0.2, -0.15) is 5.56 Å². The molecule has 2 nitrogen and oxygen atoms in total. The Morgan fingerprint density at radius 2 is 1.56 bits per heavy atom. The molecular weight excluding hydrogens is 247 g/mol. The summed E-state index contributed by atoms with van der Waals surface area (Å²) in [5.41, 5.74) is 1.23. The summed E-state index contributed by atoms with van der Waals surface area (Å²) in [5, 5.41) is 0. The zero-order valence-corrected chi connectivity index (χ0v) is 11.5. The summed E-state index contributed by atoms with van der Waals surface area (Å²) in [4.78, 5) is 0. The molecule has 0 saturated heterocycles. The van der Waals surface area contributed by atoms with Gasteiger partial charge in [0.2, 0.25) is 0 Å². The molecule has 16 heavy (non-hydrogen) atoms. The van der Waals surface area contributed by atoms with Crippen LogP contribution in [0.1, 0.15) is 19.4 Å². The second-order valence-corrected chi connectivity index (χ2v) is 3.72. The Morgan fingerprint density at radius 1 is 1.12 bits per heavy atom. The molecule has 0 atom stereocenters. The molecule has 0 bridgehead atoms. The van der Waals surface area contributed by atoms with Gasteiger partial charge in [-0.25, -0.2) is 0 Å². The minimum Gasteiger partial charge on any atom is -0.522 e. The Hall–Kier alpha value is -0.0631. The van der Waals surface area contributed by atoms with Gasteiger partial charge in [0.15, 0.2) is 0 Å². The Labute approximate surface area is 121 Å². The van der Waals surface area contributed by atoms with Crippen LogP contribution in [0.5, 0.6) is 11.5 Å². The minimum absolute atomic E-state index is 0. The third-order valence-corrected chi connectivity index (χ3v) is 1.96. The first-order valence-electron chi connectivity index (χ1n) is 4.80. The third-order valence-electron chi connectivity index (χ3n) is 1.96. The maximum atomic E-state index is 5.14. The molecule has 4 heteroatoms. The van der Waals surface area contributed by atoms with Crippen LogP contribution in [0.3, 0.4) is 0 Å². The fourth-order valence-corrected chi connectivity index (χ4v) is 1.38. The fourth-order valence-electron chi connectivity index (χ4n) is 1.38. The molecule has 0 N–H and O–H groups in total. The van der Waals surface area contributed by atoms with Crippen LogP contribution in [-0.2, 0) is 23.5 Å². The summed E-state index contributed by atoms with van der Waals surface area (Å²) in [7, 11) is 3.29. The topological polar surface area (TPSA) is 18.5 Å². The van der Waals surface area contributed by atoms with Gasteiger partial charge in [0, 0.05) is 30.4 Å². The first-order chi connectivity index (χ1) is 6.65. The molecule has 0 heterocycles. The van der Waals surface area contributed by atoms with Crippen molar-refractivity contribution in [1.29, 1.82) is 0 Å². The molecule has 0 saturated carbocycles. The monoisotopic (exact) mass is 263 g/mol. The average molecular weight is 264 g/mol. The van der Waals surface area contributed by atoms with Gasteiger partial charge in [-0.1, -0.05) is 19.9 Å². The van der Waals surface area contributed by atoms with Crippen molar-refractivity contribution in [3.05, 3.63) is 23.8 Å². The molecule has 0 aliphatic carbocycles. The van der Waals surface area contributed by atoms with E-state index < -0.39 is 0 Å². The van der Waals surface area contributed by atoms with Gasteiger partial charge in [-0.15, -0.1) is 12.1 Å². The summed E-state index contributed by atoms with van der Waals surface area (Å²) in [6.45, 7) is 4.38. The van der Waals surface area contributed by atoms with Crippen molar-refractivity contribution < 1.29 is 26.5 Å². The van der Waals surface area contributed by atoms with Crippen LogP contribution in [0.15, 0.2) is 12.1 Å². The number of hydrogen-bond donors (Lipinski definition) is 0. The van der Waals surface area contributed by atoms with Gasteiger partial charge in [-0.3, -0.25) is 0 Å². The van der Waals surface area contributed by atoms with Crippen molar-refractivity contribution in [1.82, 2.24) is 0 Å². The van der Waals surface area contributed by atoms with Gasteiger partial charge in [0.25, 0.3) is 0 Å². The summed E-state index contributed by atoms with van der Waals surface area (Å²) >= 11 is 0. The van der Waals surface area contributed by atoms with Gasteiger partial charge < -0.3 is 9.47 Å². The molecule has 1 rings (SSSR count). The Bertz CT molecular complexity index is 281. The van der Waals surface area contributed by atoms with E-state index in [4.69, 9.17) is 9.47 Å². The first kappa shape index (κ1) is 18.3. The van der Waals surface area contributed by atoms with Crippen molar-refractivity contribution in [2.75, 3.05) is 14.2 Å². The van der Waals surface area contributed by atoms with Gasteiger partial charge >= 0.3 is 17.1 Å². The van der Waals surface area contributed by atoms with Crippen molar-refractivity contribution in [3.63, 3.8) is 0 Å². The molecule has 0 aliphatic heterocycles. The van der Waals surface area contributed by atoms with E-state index in [9.17, 15) is 0 Å². The third kappa shape index (κ3) is 5.87. The smallest absolute Gasteiger partial charge is 0.522 e. The van der Waals surface area contributed by atoms with Gasteiger partial charge in [-0.05, 0) is 12.3 Å². The van der Waals surface area contributed by atoms with E-state index in [1.54, 1.807) is 14.2 Å². The second-order valence-electron chi connectivity index (χ2n) is 3.72. The van der Waals surface area contributed by atoms with Gasteiger partial charge in [0.1, 0.15) is 0 Å². The number of hydrogen-bond acceptors (Lipinski definition) is 2. The van der Waals surface area contributed by atoms with E-state index in [0.717, 1.165) is 17.9 Å². The minimum atomic E-state index is 0. The van der Waals surface area contributed by atoms with E-state index >= 15 is 0 Å². The molecule has 0 unspecified atom stereocenters. The van der Waals surface area contributed by atoms with Crippen molar-refractivity contribution in [3.8, 4) is 11.5 Å². The zero-order valence-electron chi connectivity index (χ0n) is 10.6. The normalized spacial score (nSPS) is 9.06.